The van der Waals surface area contributed by atoms with E-state index in [-0.39, 0.29) is 11.3 Å². The Bertz CT molecular complexity index is 1110. The van der Waals surface area contributed by atoms with Crippen molar-refractivity contribution in [3.63, 3.8) is 0 Å². The Labute approximate surface area is 219 Å². The third-order valence-electron chi connectivity index (χ3n) is 6.55. The Morgan fingerprint density at radius 2 is 1.59 bits per heavy atom. The highest BCUT2D eigenvalue weighted by Gasteiger charge is 2.46. The molecule has 200 valence electrons. The first kappa shape index (κ1) is 28.1. The smallest absolute Gasteiger partial charge is 0.295 e. The number of nitrogens with zero attached hydrogens (tertiary/aromatic N) is 2. The second-order valence-corrected chi connectivity index (χ2v) is 8.67. The van der Waals surface area contributed by atoms with Crippen LogP contribution < -0.4 is 14.2 Å². The van der Waals surface area contributed by atoms with Gasteiger partial charge in [-0.05, 0) is 81.9 Å². The summed E-state index contributed by atoms with van der Waals surface area (Å²) in [6.07, 6.45) is 0.698. The number of carbonyl (C=O) groups is 2. The molecule has 3 rings (SSSR count). The Morgan fingerprint density at radius 1 is 0.946 bits per heavy atom. The molecule has 0 radical (unpaired) electrons. The molecule has 37 heavy (non-hydrogen) atoms. The molecule has 2 aromatic carbocycles. The maximum Gasteiger partial charge on any atom is 0.295 e. The first-order valence-electron chi connectivity index (χ1n) is 12.9. The maximum atomic E-state index is 13.3. The zero-order valence-electron chi connectivity index (χ0n) is 22.5. The number of aliphatic hydroxyl groups excluding tert-OH is 1. The summed E-state index contributed by atoms with van der Waals surface area (Å²) < 4.78 is 16.7. The van der Waals surface area contributed by atoms with Gasteiger partial charge in [-0.15, -0.1) is 0 Å². The molecule has 1 fully saturated rings. The number of carbonyl (C=O) groups excluding carboxylic acids is 2. The van der Waals surface area contributed by atoms with Gasteiger partial charge in [0.1, 0.15) is 11.5 Å². The lowest BCUT2D eigenvalue weighted by Crippen LogP contribution is -2.33. The maximum absolute atomic E-state index is 13.3. The molecule has 8 nitrogen and oxygen atoms in total. The molecule has 1 heterocycles. The van der Waals surface area contributed by atoms with Crippen molar-refractivity contribution in [1.82, 2.24) is 9.80 Å². The van der Waals surface area contributed by atoms with Gasteiger partial charge in [-0.1, -0.05) is 19.9 Å². The number of methoxy groups -OCH3 is 1. The van der Waals surface area contributed by atoms with E-state index in [0.717, 1.165) is 19.6 Å². The van der Waals surface area contributed by atoms with E-state index in [1.807, 2.05) is 19.9 Å². The summed E-state index contributed by atoms with van der Waals surface area (Å²) in [4.78, 5) is 30.4. The minimum absolute atomic E-state index is 0.0598. The van der Waals surface area contributed by atoms with Crippen LogP contribution in [0.2, 0.25) is 0 Å². The van der Waals surface area contributed by atoms with Gasteiger partial charge in [-0.2, -0.15) is 0 Å². The molecule has 1 saturated heterocycles. The van der Waals surface area contributed by atoms with Crippen LogP contribution in [0.4, 0.5) is 0 Å². The summed E-state index contributed by atoms with van der Waals surface area (Å²) >= 11 is 0. The van der Waals surface area contributed by atoms with E-state index >= 15 is 0 Å². The van der Waals surface area contributed by atoms with Crippen LogP contribution in [0.1, 0.15) is 51.3 Å². The predicted molar refractivity (Wildman–Crippen MR) is 143 cm³/mol. The second kappa shape index (κ2) is 13.1. The molecule has 1 aliphatic rings. The third-order valence-corrected chi connectivity index (χ3v) is 6.55. The largest absolute Gasteiger partial charge is 0.507 e. The lowest BCUT2D eigenvalue weighted by Gasteiger charge is -2.27. The number of ether oxygens (including phenoxy) is 3. The SMILES string of the molecule is CCOc1ccc([C@H]2/C(=C(\O)c3ccc(OC)cc3)C(=O)C(=O)N2CCCN(CC)CC)cc1OCC. The molecule has 0 saturated carbocycles. The van der Waals surface area contributed by atoms with Crippen LogP contribution in [-0.2, 0) is 9.59 Å². The molecule has 1 N–H and O–H groups in total. The van der Waals surface area contributed by atoms with E-state index in [2.05, 4.69) is 18.7 Å². The molecule has 8 heteroatoms. The van der Waals surface area contributed by atoms with Crippen molar-refractivity contribution in [2.75, 3.05) is 46.5 Å². The summed E-state index contributed by atoms with van der Waals surface area (Å²) in [6, 6.07) is 11.4. The first-order chi connectivity index (χ1) is 17.9. The number of hydrogen-bond acceptors (Lipinski definition) is 7. The van der Waals surface area contributed by atoms with Crippen LogP contribution in [0.3, 0.4) is 0 Å². The van der Waals surface area contributed by atoms with Gasteiger partial charge < -0.3 is 29.1 Å². The van der Waals surface area contributed by atoms with Crippen LogP contribution in [0.15, 0.2) is 48.0 Å². The Hall–Kier alpha value is -3.52. The molecule has 0 unspecified atom stereocenters. The Balaban J connectivity index is 2.09. The van der Waals surface area contributed by atoms with Crippen molar-refractivity contribution in [2.24, 2.45) is 0 Å². The lowest BCUT2D eigenvalue weighted by molar-refractivity contribution is -0.140. The monoisotopic (exact) mass is 510 g/mol. The highest BCUT2D eigenvalue weighted by Crippen LogP contribution is 2.42. The van der Waals surface area contributed by atoms with Gasteiger partial charge in [0.15, 0.2) is 11.5 Å². The summed E-state index contributed by atoms with van der Waals surface area (Å²) in [5, 5.41) is 11.3. The molecule has 0 bridgehead atoms. The minimum atomic E-state index is -0.756. The number of Topliss-reactive ketones (excluding diaryl/α,β-unsaturated/α-hetero) is 1. The van der Waals surface area contributed by atoms with Gasteiger partial charge in [-0.3, -0.25) is 9.59 Å². The summed E-state index contributed by atoms with van der Waals surface area (Å²) in [6.45, 7) is 11.9. The van der Waals surface area contributed by atoms with Crippen molar-refractivity contribution < 1.29 is 28.9 Å². The van der Waals surface area contributed by atoms with Crippen LogP contribution in [0.5, 0.6) is 17.2 Å². The van der Waals surface area contributed by atoms with E-state index in [1.165, 1.54) is 0 Å². The number of aliphatic hydroxyl groups is 1. The second-order valence-electron chi connectivity index (χ2n) is 8.67. The fourth-order valence-corrected chi connectivity index (χ4v) is 4.60. The summed E-state index contributed by atoms with van der Waals surface area (Å²) in [5.41, 5.74) is 1.16. The zero-order chi connectivity index (χ0) is 26.9. The molecule has 1 atom stereocenters. The first-order valence-corrected chi connectivity index (χ1v) is 12.9. The number of amides is 1. The average molecular weight is 511 g/mol. The van der Waals surface area contributed by atoms with Gasteiger partial charge in [0.25, 0.3) is 11.7 Å². The van der Waals surface area contributed by atoms with Gasteiger partial charge in [0.2, 0.25) is 0 Å². The van der Waals surface area contributed by atoms with E-state index in [1.54, 1.807) is 48.4 Å². The summed E-state index contributed by atoms with van der Waals surface area (Å²) in [7, 11) is 1.56. The molecular weight excluding hydrogens is 472 g/mol. The number of ketones is 1. The Morgan fingerprint density at radius 3 is 2.19 bits per heavy atom. The number of likely N-dealkylation sites (tertiary alicyclic amines) is 1. The number of hydrogen-bond donors (Lipinski definition) is 1. The molecular formula is C29H38N2O6. The fraction of sp³-hybridized carbons (Fsp3) is 0.448. The summed E-state index contributed by atoms with van der Waals surface area (Å²) in [5.74, 6) is 0.197. The third kappa shape index (κ3) is 6.25. The highest BCUT2D eigenvalue weighted by molar-refractivity contribution is 6.46. The topological polar surface area (TPSA) is 88.5 Å². The van der Waals surface area contributed by atoms with Crippen molar-refractivity contribution >= 4 is 17.4 Å². The number of rotatable bonds is 13. The van der Waals surface area contributed by atoms with Gasteiger partial charge >= 0.3 is 0 Å². The van der Waals surface area contributed by atoms with E-state index in [0.29, 0.717) is 54.6 Å². The van der Waals surface area contributed by atoms with Crippen molar-refractivity contribution in [3.05, 3.63) is 59.2 Å². The van der Waals surface area contributed by atoms with E-state index < -0.39 is 17.7 Å². The van der Waals surface area contributed by atoms with E-state index in [4.69, 9.17) is 14.2 Å². The fourth-order valence-electron chi connectivity index (χ4n) is 4.60. The van der Waals surface area contributed by atoms with Crippen LogP contribution >= 0.6 is 0 Å². The molecule has 1 amide bonds. The standard InChI is InChI=1S/C29H38N2O6/c1-6-30(7-2)17-10-18-31-26(21-13-16-23(36-8-3)24(19-21)37-9-4)25(28(33)29(31)34)27(32)20-11-14-22(35-5)15-12-20/h11-16,19,26,32H,6-10,17-18H2,1-5H3/b27-25+/t26-/m0/s1. The zero-order valence-corrected chi connectivity index (χ0v) is 22.5. The van der Waals surface area contributed by atoms with Gasteiger partial charge in [0.05, 0.1) is 31.9 Å². The molecule has 0 spiro atoms. The normalized spacial score (nSPS) is 16.9. The van der Waals surface area contributed by atoms with Crippen LogP contribution in [-0.4, -0.2) is 73.1 Å². The predicted octanol–water partition coefficient (Wildman–Crippen LogP) is 4.65. The average Bonchev–Trinajstić information content (AvgIpc) is 3.17. The Kier molecular flexibility index (Phi) is 9.97. The van der Waals surface area contributed by atoms with Crippen molar-refractivity contribution in [2.45, 2.75) is 40.2 Å². The van der Waals surface area contributed by atoms with Crippen molar-refractivity contribution in [3.8, 4) is 17.2 Å². The number of benzene rings is 2. The highest BCUT2D eigenvalue weighted by atomic mass is 16.5. The van der Waals surface area contributed by atoms with Gasteiger partial charge in [-0.25, -0.2) is 0 Å². The van der Waals surface area contributed by atoms with E-state index in [9.17, 15) is 14.7 Å². The molecule has 0 aliphatic carbocycles. The quantitative estimate of drug-likeness (QED) is 0.238. The van der Waals surface area contributed by atoms with Crippen LogP contribution in [0, 0.1) is 0 Å². The minimum Gasteiger partial charge on any atom is -0.507 e. The molecule has 2 aromatic rings. The van der Waals surface area contributed by atoms with Crippen molar-refractivity contribution in [1.29, 1.82) is 0 Å². The molecule has 0 aromatic heterocycles. The lowest BCUT2D eigenvalue weighted by atomic mass is 9.95. The van der Waals surface area contributed by atoms with Gasteiger partial charge in [0, 0.05) is 12.1 Å². The van der Waals surface area contributed by atoms with Crippen LogP contribution in [0.25, 0.3) is 5.76 Å². The molecule has 1 aliphatic heterocycles.